The molecule has 0 atom stereocenters. The number of nitrogens with zero attached hydrogens (tertiary/aromatic N) is 1. The van der Waals surface area contributed by atoms with E-state index >= 15 is 0 Å². The van der Waals surface area contributed by atoms with Crippen LogP contribution in [-0.2, 0) is 0 Å². The molecular formula is C5H6BrNO2. The van der Waals surface area contributed by atoms with E-state index in [1.165, 1.54) is 7.11 Å². The lowest BCUT2D eigenvalue weighted by Gasteiger charge is -1.88. The number of aryl methyl sites for hydroxylation is 1. The van der Waals surface area contributed by atoms with Crippen molar-refractivity contribution in [1.29, 1.82) is 0 Å². The fourth-order valence-electron chi connectivity index (χ4n) is 0.465. The van der Waals surface area contributed by atoms with Gasteiger partial charge in [-0.15, -0.1) is 0 Å². The molecule has 0 radical (unpaired) electrons. The van der Waals surface area contributed by atoms with Gasteiger partial charge in [-0.3, -0.25) is 0 Å². The van der Waals surface area contributed by atoms with Gasteiger partial charge in [-0.05, 0) is 22.9 Å². The zero-order chi connectivity index (χ0) is 6.85. The van der Waals surface area contributed by atoms with Gasteiger partial charge in [0, 0.05) is 0 Å². The van der Waals surface area contributed by atoms with E-state index in [-0.39, 0.29) is 0 Å². The van der Waals surface area contributed by atoms with Gasteiger partial charge in [0.25, 0.3) is 0 Å². The highest BCUT2D eigenvalue weighted by Gasteiger charge is 2.08. The Morgan fingerprint density at radius 3 is 2.56 bits per heavy atom. The van der Waals surface area contributed by atoms with Gasteiger partial charge in [0.2, 0.25) is 0 Å². The lowest BCUT2D eigenvalue weighted by molar-refractivity contribution is 0.258. The highest BCUT2D eigenvalue weighted by atomic mass is 79.9. The van der Waals surface area contributed by atoms with Gasteiger partial charge in [0.15, 0.2) is 0 Å². The largest absolute Gasteiger partial charge is 0.466 e. The molecule has 0 saturated carbocycles. The van der Waals surface area contributed by atoms with Crippen molar-refractivity contribution in [3.63, 3.8) is 0 Å². The van der Waals surface area contributed by atoms with Gasteiger partial charge in [0.05, 0.1) is 12.8 Å². The second-order valence-electron chi connectivity index (χ2n) is 1.57. The second kappa shape index (κ2) is 2.39. The Morgan fingerprint density at radius 1 is 1.67 bits per heavy atom. The first kappa shape index (κ1) is 6.61. The van der Waals surface area contributed by atoms with Gasteiger partial charge in [0.1, 0.15) is 4.47 Å². The molecular weight excluding hydrogens is 186 g/mol. The summed E-state index contributed by atoms with van der Waals surface area (Å²) in [6, 6.07) is 0. The summed E-state index contributed by atoms with van der Waals surface area (Å²) in [5, 5.41) is 3.64. The molecule has 0 saturated heterocycles. The summed E-state index contributed by atoms with van der Waals surface area (Å²) in [5.74, 6) is 0.424. The van der Waals surface area contributed by atoms with Crippen molar-refractivity contribution in [2.45, 2.75) is 6.92 Å². The molecule has 0 bridgehead atoms. The molecule has 9 heavy (non-hydrogen) atoms. The lowest BCUT2D eigenvalue weighted by atomic mass is 10.5. The zero-order valence-electron chi connectivity index (χ0n) is 5.14. The summed E-state index contributed by atoms with van der Waals surface area (Å²) in [5.41, 5.74) is 0.798. The minimum atomic E-state index is 0.424. The smallest absolute Gasteiger partial charge is 0.325 e. The normalized spacial score (nSPS) is 9.67. The Bertz CT molecular complexity index is 209. The van der Waals surface area contributed by atoms with Crippen LogP contribution in [-0.4, -0.2) is 12.3 Å². The van der Waals surface area contributed by atoms with Crippen molar-refractivity contribution in [3.8, 4) is 5.95 Å². The highest BCUT2D eigenvalue weighted by molar-refractivity contribution is 9.10. The molecule has 50 valence electrons. The van der Waals surface area contributed by atoms with Gasteiger partial charge in [-0.25, -0.2) is 0 Å². The number of hydrogen-bond donors (Lipinski definition) is 0. The van der Waals surface area contributed by atoms with E-state index in [0.717, 1.165) is 10.2 Å². The molecule has 1 aromatic heterocycles. The molecule has 0 aliphatic rings. The summed E-state index contributed by atoms with van der Waals surface area (Å²) in [4.78, 5) is 0. The van der Waals surface area contributed by atoms with Crippen LogP contribution in [0.5, 0.6) is 5.95 Å². The molecule has 0 aromatic carbocycles. The molecule has 0 N–H and O–H groups in total. The van der Waals surface area contributed by atoms with E-state index in [2.05, 4.69) is 21.1 Å². The van der Waals surface area contributed by atoms with Crippen LogP contribution in [0.25, 0.3) is 0 Å². The Morgan fingerprint density at radius 2 is 2.33 bits per heavy atom. The predicted octanol–water partition coefficient (Wildman–Crippen LogP) is 1.75. The second-order valence-corrected chi connectivity index (χ2v) is 2.37. The van der Waals surface area contributed by atoms with Crippen molar-refractivity contribution in [1.82, 2.24) is 5.16 Å². The molecule has 0 spiro atoms. The first-order valence-electron chi connectivity index (χ1n) is 2.41. The van der Waals surface area contributed by atoms with Crippen LogP contribution in [0.2, 0.25) is 0 Å². The van der Waals surface area contributed by atoms with Crippen LogP contribution in [0.15, 0.2) is 9.00 Å². The Kier molecular flexibility index (Phi) is 1.75. The highest BCUT2D eigenvalue weighted by Crippen LogP contribution is 2.26. The Labute approximate surface area is 61.1 Å². The van der Waals surface area contributed by atoms with Gasteiger partial charge < -0.3 is 9.26 Å². The van der Waals surface area contributed by atoms with E-state index in [4.69, 9.17) is 9.26 Å². The molecule has 0 aliphatic heterocycles. The van der Waals surface area contributed by atoms with E-state index in [0.29, 0.717) is 5.95 Å². The van der Waals surface area contributed by atoms with E-state index in [1.54, 1.807) is 0 Å². The fraction of sp³-hybridized carbons (Fsp3) is 0.400. The van der Waals surface area contributed by atoms with E-state index in [1.807, 2.05) is 6.92 Å². The molecule has 3 nitrogen and oxygen atoms in total. The van der Waals surface area contributed by atoms with Gasteiger partial charge in [-0.2, -0.15) is 0 Å². The third-order valence-corrected chi connectivity index (χ3v) is 1.85. The SMILES string of the molecule is COc1onc(C)c1Br. The molecule has 0 unspecified atom stereocenters. The maximum atomic E-state index is 4.79. The minimum Gasteiger partial charge on any atom is -0.466 e. The number of rotatable bonds is 1. The molecule has 0 amide bonds. The molecule has 1 aromatic rings. The van der Waals surface area contributed by atoms with Crippen molar-refractivity contribution in [3.05, 3.63) is 10.2 Å². The molecule has 1 rings (SSSR count). The van der Waals surface area contributed by atoms with Crippen molar-refractivity contribution >= 4 is 15.9 Å². The van der Waals surface area contributed by atoms with Gasteiger partial charge in [-0.1, -0.05) is 5.16 Å². The van der Waals surface area contributed by atoms with Crippen molar-refractivity contribution < 1.29 is 9.26 Å². The monoisotopic (exact) mass is 191 g/mol. The Balaban J connectivity index is 3.04. The third kappa shape index (κ3) is 1.08. The number of halogens is 1. The average molecular weight is 192 g/mol. The van der Waals surface area contributed by atoms with Gasteiger partial charge >= 0.3 is 5.95 Å². The summed E-state index contributed by atoms with van der Waals surface area (Å²) >= 11 is 3.23. The number of ether oxygens (including phenoxy) is 1. The summed E-state index contributed by atoms with van der Waals surface area (Å²) in [6.07, 6.45) is 0. The van der Waals surface area contributed by atoms with Crippen LogP contribution in [0, 0.1) is 6.92 Å². The van der Waals surface area contributed by atoms with E-state index in [9.17, 15) is 0 Å². The van der Waals surface area contributed by atoms with Crippen LogP contribution in [0.3, 0.4) is 0 Å². The zero-order valence-corrected chi connectivity index (χ0v) is 6.73. The fourth-order valence-corrected chi connectivity index (χ4v) is 0.771. The van der Waals surface area contributed by atoms with Crippen LogP contribution >= 0.6 is 15.9 Å². The molecule has 0 fully saturated rings. The predicted molar refractivity (Wildman–Crippen MR) is 35.5 cm³/mol. The van der Waals surface area contributed by atoms with Crippen LogP contribution in [0.4, 0.5) is 0 Å². The maximum absolute atomic E-state index is 4.79. The number of methoxy groups -OCH3 is 1. The minimum absolute atomic E-state index is 0.424. The molecule has 0 aliphatic carbocycles. The third-order valence-electron chi connectivity index (χ3n) is 0.948. The number of hydrogen-bond acceptors (Lipinski definition) is 3. The van der Waals surface area contributed by atoms with Crippen molar-refractivity contribution in [2.75, 3.05) is 7.11 Å². The summed E-state index contributed by atoms with van der Waals surface area (Å²) < 4.78 is 10.3. The summed E-state index contributed by atoms with van der Waals surface area (Å²) in [6.45, 7) is 1.83. The standard InChI is InChI=1S/C5H6BrNO2/c1-3-4(6)5(8-2)9-7-3/h1-2H3. The molecule has 4 heteroatoms. The summed E-state index contributed by atoms with van der Waals surface area (Å²) in [7, 11) is 1.53. The van der Waals surface area contributed by atoms with Crippen molar-refractivity contribution in [2.24, 2.45) is 0 Å². The first-order valence-corrected chi connectivity index (χ1v) is 3.20. The first-order chi connectivity index (χ1) is 4.25. The van der Waals surface area contributed by atoms with E-state index < -0.39 is 0 Å². The molecule has 1 heterocycles. The average Bonchev–Trinajstić information content (AvgIpc) is 2.15. The quantitative estimate of drug-likeness (QED) is 0.679. The van der Waals surface area contributed by atoms with Crippen LogP contribution < -0.4 is 4.74 Å². The number of aromatic nitrogens is 1. The topological polar surface area (TPSA) is 35.3 Å². The van der Waals surface area contributed by atoms with Crippen LogP contribution in [0.1, 0.15) is 5.69 Å². The lowest BCUT2D eigenvalue weighted by Crippen LogP contribution is -1.78. The Hall–Kier alpha value is -0.510. The maximum Gasteiger partial charge on any atom is 0.325 e.